The summed E-state index contributed by atoms with van der Waals surface area (Å²) in [5.41, 5.74) is 0.904. The molecule has 1 aromatic carbocycles. The van der Waals surface area contributed by atoms with Crippen LogP contribution in [0.5, 0.6) is 11.5 Å². The number of hydrogen-bond acceptors (Lipinski definition) is 5. The van der Waals surface area contributed by atoms with Gasteiger partial charge in [-0.25, -0.2) is 0 Å². The molecule has 1 aliphatic rings. The van der Waals surface area contributed by atoms with Crippen LogP contribution in [0.2, 0.25) is 0 Å². The van der Waals surface area contributed by atoms with Gasteiger partial charge in [0, 0.05) is 11.5 Å². The van der Waals surface area contributed by atoms with Crippen LogP contribution >= 0.6 is 0 Å². The van der Waals surface area contributed by atoms with Gasteiger partial charge in [0.2, 0.25) is 13.3 Å². The maximum absolute atomic E-state index is 10.5. The van der Waals surface area contributed by atoms with Crippen LogP contribution < -0.4 is 9.47 Å². The van der Waals surface area contributed by atoms with Crippen LogP contribution in [-0.2, 0) is 0 Å². The SMILES string of the molecule is O=[N+]([O-])C[C@H](C#C/C=C/c1ccc2c(c1)OCO2)CCO. The fourth-order valence-electron chi connectivity index (χ4n) is 1.87. The van der Waals surface area contributed by atoms with Crippen LogP contribution in [0.1, 0.15) is 12.0 Å². The molecule has 0 amide bonds. The van der Waals surface area contributed by atoms with E-state index >= 15 is 0 Å². The Kier molecular flexibility index (Phi) is 5.18. The number of hydrogen-bond donors (Lipinski definition) is 1. The first kappa shape index (κ1) is 14.9. The predicted octanol–water partition coefficient (Wildman–Crippen LogP) is 1.71. The second-order valence-corrected chi connectivity index (χ2v) is 4.46. The van der Waals surface area contributed by atoms with Gasteiger partial charge in [0.1, 0.15) is 0 Å². The molecule has 0 saturated carbocycles. The maximum Gasteiger partial charge on any atom is 0.231 e. The molecule has 0 radical (unpaired) electrons. The van der Waals surface area contributed by atoms with E-state index in [2.05, 4.69) is 11.8 Å². The van der Waals surface area contributed by atoms with Gasteiger partial charge in [0.25, 0.3) is 0 Å². The first-order chi connectivity index (χ1) is 10.2. The minimum atomic E-state index is -0.439. The van der Waals surface area contributed by atoms with Crippen LogP contribution in [0.25, 0.3) is 6.08 Å². The molecule has 1 aliphatic heterocycles. The smallest absolute Gasteiger partial charge is 0.231 e. The van der Waals surface area contributed by atoms with Crippen molar-refractivity contribution in [1.82, 2.24) is 0 Å². The van der Waals surface area contributed by atoms with E-state index in [1.807, 2.05) is 18.2 Å². The van der Waals surface area contributed by atoms with Crippen LogP contribution in [0.15, 0.2) is 24.3 Å². The lowest BCUT2D eigenvalue weighted by Crippen LogP contribution is -2.13. The molecule has 1 heterocycles. The van der Waals surface area contributed by atoms with Crippen LogP contribution in [0, 0.1) is 27.9 Å². The van der Waals surface area contributed by atoms with E-state index in [-0.39, 0.29) is 19.9 Å². The second-order valence-electron chi connectivity index (χ2n) is 4.46. The molecule has 0 spiro atoms. The molecule has 2 rings (SSSR count). The van der Waals surface area contributed by atoms with Crippen molar-refractivity contribution in [1.29, 1.82) is 0 Å². The zero-order chi connectivity index (χ0) is 15.1. The van der Waals surface area contributed by atoms with Crippen molar-refractivity contribution in [2.45, 2.75) is 6.42 Å². The van der Waals surface area contributed by atoms with Crippen molar-refractivity contribution in [2.24, 2.45) is 5.92 Å². The van der Waals surface area contributed by atoms with Crippen LogP contribution in [0.3, 0.4) is 0 Å². The summed E-state index contributed by atoms with van der Waals surface area (Å²) in [6.45, 7) is -0.142. The number of fused-ring (bicyclic) bond motifs is 1. The summed E-state index contributed by atoms with van der Waals surface area (Å²) in [6.07, 6.45) is 3.71. The minimum absolute atomic E-state index is 0.112. The average Bonchev–Trinajstić information content (AvgIpc) is 2.90. The molecular weight excluding hydrogens is 274 g/mol. The largest absolute Gasteiger partial charge is 0.454 e. The average molecular weight is 289 g/mol. The molecule has 6 heteroatoms. The molecular formula is C15H15NO5. The van der Waals surface area contributed by atoms with Crippen molar-refractivity contribution in [3.8, 4) is 23.3 Å². The fraction of sp³-hybridized carbons (Fsp3) is 0.333. The Morgan fingerprint density at radius 3 is 3.00 bits per heavy atom. The Morgan fingerprint density at radius 1 is 1.43 bits per heavy atom. The summed E-state index contributed by atoms with van der Waals surface area (Å²) in [6, 6.07) is 5.52. The van der Waals surface area contributed by atoms with E-state index < -0.39 is 10.8 Å². The number of nitrogens with zero attached hydrogens (tertiary/aromatic N) is 1. The summed E-state index contributed by atoms with van der Waals surface area (Å²) in [5.74, 6) is 6.52. The number of allylic oxidation sites excluding steroid dienone is 1. The first-order valence-corrected chi connectivity index (χ1v) is 6.49. The van der Waals surface area contributed by atoms with E-state index in [0.29, 0.717) is 17.9 Å². The topological polar surface area (TPSA) is 81.8 Å². The highest BCUT2D eigenvalue weighted by Crippen LogP contribution is 2.32. The number of benzene rings is 1. The lowest BCUT2D eigenvalue weighted by molar-refractivity contribution is -0.485. The lowest BCUT2D eigenvalue weighted by Gasteiger charge is -2.01. The molecule has 21 heavy (non-hydrogen) atoms. The zero-order valence-electron chi connectivity index (χ0n) is 11.3. The summed E-state index contributed by atoms with van der Waals surface area (Å²) in [5, 5.41) is 19.3. The van der Waals surface area contributed by atoms with Crippen molar-refractivity contribution in [3.05, 3.63) is 40.0 Å². The first-order valence-electron chi connectivity index (χ1n) is 6.49. The summed E-state index contributed by atoms with van der Waals surface area (Å²) in [7, 11) is 0. The Labute approximate surface area is 122 Å². The third kappa shape index (κ3) is 4.51. The van der Waals surface area contributed by atoms with Gasteiger partial charge in [-0.1, -0.05) is 17.9 Å². The Morgan fingerprint density at radius 2 is 2.24 bits per heavy atom. The molecule has 6 nitrogen and oxygen atoms in total. The molecule has 0 unspecified atom stereocenters. The van der Waals surface area contributed by atoms with Gasteiger partial charge in [-0.05, 0) is 36.3 Å². The highest BCUT2D eigenvalue weighted by atomic mass is 16.7. The van der Waals surface area contributed by atoms with Gasteiger partial charge in [0.15, 0.2) is 11.5 Å². The molecule has 0 saturated heterocycles. The fourth-order valence-corrected chi connectivity index (χ4v) is 1.87. The molecule has 1 atom stereocenters. The predicted molar refractivity (Wildman–Crippen MR) is 76.4 cm³/mol. The Balaban J connectivity index is 1.98. The third-order valence-corrected chi connectivity index (χ3v) is 2.89. The number of aliphatic hydroxyl groups excluding tert-OH is 1. The Hall–Kier alpha value is -2.52. The molecule has 110 valence electrons. The van der Waals surface area contributed by atoms with Crippen LogP contribution in [0.4, 0.5) is 0 Å². The molecule has 0 fully saturated rings. The normalized spacial score (nSPS) is 13.8. The van der Waals surface area contributed by atoms with E-state index in [1.165, 1.54) is 0 Å². The van der Waals surface area contributed by atoms with Crippen molar-refractivity contribution in [3.63, 3.8) is 0 Å². The van der Waals surface area contributed by atoms with Gasteiger partial charge in [-0.2, -0.15) is 0 Å². The molecule has 1 aromatic rings. The van der Waals surface area contributed by atoms with Gasteiger partial charge < -0.3 is 14.6 Å². The van der Waals surface area contributed by atoms with E-state index in [4.69, 9.17) is 14.6 Å². The summed E-state index contributed by atoms with van der Waals surface area (Å²) >= 11 is 0. The third-order valence-electron chi connectivity index (χ3n) is 2.89. The zero-order valence-corrected chi connectivity index (χ0v) is 11.3. The summed E-state index contributed by atoms with van der Waals surface area (Å²) in [4.78, 5) is 10.0. The highest BCUT2D eigenvalue weighted by Gasteiger charge is 2.12. The van der Waals surface area contributed by atoms with Crippen LogP contribution in [-0.4, -0.2) is 30.0 Å². The van der Waals surface area contributed by atoms with Crippen molar-refractivity contribution in [2.75, 3.05) is 19.9 Å². The van der Waals surface area contributed by atoms with Gasteiger partial charge in [0.05, 0.1) is 5.92 Å². The van der Waals surface area contributed by atoms with E-state index in [0.717, 1.165) is 5.56 Å². The monoisotopic (exact) mass is 289 g/mol. The highest BCUT2D eigenvalue weighted by molar-refractivity contribution is 5.58. The second kappa shape index (κ2) is 7.31. The van der Waals surface area contributed by atoms with Gasteiger partial charge in [-0.15, -0.1) is 0 Å². The Bertz CT molecular complexity index is 600. The maximum atomic E-state index is 10.5. The summed E-state index contributed by atoms with van der Waals surface area (Å²) < 4.78 is 10.5. The molecule has 0 aliphatic carbocycles. The molecule has 1 N–H and O–H groups in total. The van der Waals surface area contributed by atoms with Crippen molar-refractivity contribution >= 4 is 6.08 Å². The lowest BCUT2D eigenvalue weighted by atomic mass is 10.1. The van der Waals surface area contributed by atoms with Gasteiger partial charge in [-0.3, -0.25) is 10.1 Å². The van der Waals surface area contributed by atoms with E-state index in [1.54, 1.807) is 12.2 Å². The molecule has 0 aromatic heterocycles. The number of nitro groups is 1. The standard InChI is InChI=1S/C15H15NO5/c17-8-7-13(10-16(18)19)4-2-1-3-12-5-6-14-15(9-12)21-11-20-14/h1,3,5-6,9,13,17H,7-8,10-11H2/b3-1+/t13-/m1/s1. The molecule has 0 bridgehead atoms. The minimum Gasteiger partial charge on any atom is -0.454 e. The number of rotatable bonds is 5. The number of ether oxygens (including phenoxy) is 2. The van der Waals surface area contributed by atoms with E-state index in [9.17, 15) is 10.1 Å². The van der Waals surface area contributed by atoms with Crippen molar-refractivity contribution < 1.29 is 19.5 Å². The number of aliphatic hydroxyl groups is 1. The van der Waals surface area contributed by atoms with Gasteiger partial charge >= 0.3 is 0 Å². The quantitative estimate of drug-likeness (QED) is 0.507.